The van der Waals surface area contributed by atoms with Crippen molar-refractivity contribution >= 4 is 26.5 Å². The normalized spacial score (nSPS) is 22.5. The van der Waals surface area contributed by atoms with E-state index >= 15 is 0 Å². The van der Waals surface area contributed by atoms with Crippen LogP contribution in [0.1, 0.15) is 12.8 Å². The van der Waals surface area contributed by atoms with E-state index in [1.807, 2.05) is 0 Å². The van der Waals surface area contributed by atoms with Crippen LogP contribution in [-0.2, 0) is 10.0 Å². The zero-order valence-corrected chi connectivity index (χ0v) is 9.77. The molecule has 1 fully saturated rings. The van der Waals surface area contributed by atoms with Crippen LogP contribution in [0.3, 0.4) is 0 Å². The number of hydrogen-bond donors (Lipinski definition) is 2. The summed E-state index contributed by atoms with van der Waals surface area (Å²) in [7, 11) is -3.27. The lowest BCUT2D eigenvalue weighted by molar-refractivity contribution is 0.499. The number of nitrogens with one attached hydrogen (secondary N) is 2. The molecule has 1 aliphatic rings. The first-order valence-electron chi connectivity index (χ1n) is 4.80. The van der Waals surface area contributed by atoms with E-state index < -0.39 is 10.0 Å². The summed E-state index contributed by atoms with van der Waals surface area (Å²) in [5.41, 5.74) is 0. The van der Waals surface area contributed by atoms with Crippen molar-refractivity contribution in [2.45, 2.75) is 18.1 Å². The molecule has 1 aromatic rings. The van der Waals surface area contributed by atoms with Crippen molar-refractivity contribution in [2.24, 2.45) is 0 Å². The second kappa shape index (κ2) is 4.46. The SMILES string of the molecule is O=S(=O)(Nc1nccs1)C1CCCNC1. The molecule has 5 nitrogen and oxygen atoms in total. The number of aromatic nitrogens is 1. The fourth-order valence-electron chi connectivity index (χ4n) is 1.56. The molecule has 0 aliphatic carbocycles. The summed E-state index contributed by atoms with van der Waals surface area (Å²) in [6, 6.07) is 0. The van der Waals surface area contributed by atoms with E-state index in [0.29, 0.717) is 18.1 Å². The summed E-state index contributed by atoms with van der Waals surface area (Å²) in [4.78, 5) is 3.90. The van der Waals surface area contributed by atoms with Crippen molar-refractivity contribution in [3.05, 3.63) is 11.6 Å². The van der Waals surface area contributed by atoms with Crippen LogP contribution in [0, 0.1) is 0 Å². The van der Waals surface area contributed by atoms with Crippen LogP contribution in [0.2, 0.25) is 0 Å². The van der Waals surface area contributed by atoms with Crippen LogP contribution >= 0.6 is 11.3 Å². The Bertz CT molecular complexity index is 396. The van der Waals surface area contributed by atoms with E-state index in [0.717, 1.165) is 13.0 Å². The average molecular weight is 247 g/mol. The molecule has 1 saturated heterocycles. The molecule has 2 heterocycles. The second-order valence-electron chi connectivity index (χ2n) is 3.45. The van der Waals surface area contributed by atoms with Crippen molar-refractivity contribution in [1.29, 1.82) is 0 Å². The topological polar surface area (TPSA) is 71.1 Å². The van der Waals surface area contributed by atoms with Gasteiger partial charge in [-0.1, -0.05) is 0 Å². The number of sulfonamides is 1. The van der Waals surface area contributed by atoms with E-state index in [1.165, 1.54) is 11.3 Å². The van der Waals surface area contributed by atoms with E-state index in [1.54, 1.807) is 11.6 Å². The molecule has 1 atom stereocenters. The van der Waals surface area contributed by atoms with Crippen LogP contribution in [0.15, 0.2) is 11.6 Å². The summed E-state index contributed by atoms with van der Waals surface area (Å²) in [5, 5.41) is 4.94. The molecule has 7 heteroatoms. The number of hydrogen-bond acceptors (Lipinski definition) is 5. The lowest BCUT2D eigenvalue weighted by Crippen LogP contribution is -2.41. The Morgan fingerprint density at radius 1 is 1.60 bits per heavy atom. The zero-order chi connectivity index (χ0) is 10.7. The number of rotatable bonds is 3. The van der Waals surface area contributed by atoms with Crippen molar-refractivity contribution in [3.8, 4) is 0 Å². The van der Waals surface area contributed by atoms with Gasteiger partial charge in [0.15, 0.2) is 5.13 Å². The molecule has 1 aromatic heterocycles. The Labute approximate surface area is 93.0 Å². The number of piperidine rings is 1. The molecule has 0 bridgehead atoms. The van der Waals surface area contributed by atoms with Crippen LogP contribution in [0.4, 0.5) is 5.13 Å². The molecule has 2 N–H and O–H groups in total. The van der Waals surface area contributed by atoms with Gasteiger partial charge < -0.3 is 5.32 Å². The molecule has 2 rings (SSSR count). The van der Waals surface area contributed by atoms with Gasteiger partial charge in [0.25, 0.3) is 0 Å². The van der Waals surface area contributed by atoms with Gasteiger partial charge in [-0.2, -0.15) is 0 Å². The van der Waals surface area contributed by atoms with Gasteiger partial charge >= 0.3 is 0 Å². The first-order valence-corrected chi connectivity index (χ1v) is 7.23. The molecule has 0 radical (unpaired) electrons. The van der Waals surface area contributed by atoms with E-state index in [9.17, 15) is 8.42 Å². The minimum atomic E-state index is -3.27. The third-order valence-electron chi connectivity index (χ3n) is 2.35. The van der Waals surface area contributed by atoms with Crippen molar-refractivity contribution in [2.75, 3.05) is 17.8 Å². The first-order chi connectivity index (χ1) is 7.18. The van der Waals surface area contributed by atoms with Gasteiger partial charge in [0, 0.05) is 18.1 Å². The molecular formula is C8H13N3O2S2. The summed E-state index contributed by atoms with van der Waals surface area (Å²) in [6.07, 6.45) is 3.21. The first kappa shape index (κ1) is 10.8. The predicted molar refractivity (Wildman–Crippen MR) is 60.5 cm³/mol. The Kier molecular flexibility index (Phi) is 3.22. The van der Waals surface area contributed by atoms with Gasteiger partial charge in [0.05, 0.1) is 5.25 Å². The lowest BCUT2D eigenvalue weighted by Gasteiger charge is -2.22. The molecule has 0 saturated carbocycles. The maximum Gasteiger partial charge on any atom is 0.238 e. The Hall–Kier alpha value is -0.660. The fourth-order valence-corrected chi connectivity index (χ4v) is 3.75. The van der Waals surface area contributed by atoms with Crippen molar-refractivity contribution in [3.63, 3.8) is 0 Å². The van der Waals surface area contributed by atoms with Gasteiger partial charge in [-0.05, 0) is 19.4 Å². The maximum atomic E-state index is 11.9. The molecule has 1 aliphatic heterocycles. The molecule has 1 unspecified atom stereocenters. The smallest absolute Gasteiger partial charge is 0.238 e. The van der Waals surface area contributed by atoms with E-state index in [-0.39, 0.29) is 5.25 Å². The average Bonchev–Trinajstić information content (AvgIpc) is 2.71. The van der Waals surface area contributed by atoms with E-state index in [4.69, 9.17) is 0 Å². The quantitative estimate of drug-likeness (QED) is 0.822. The summed E-state index contributed by atoms with van der Waals surface area (Å²) in [5.74, 6) is 0. The fraction of sp³-hybridized carbons (Fsp3) is 0.625. The Morgan fingerprint density at radius 2 is 2.47 bits per heavy atom. The molecule has 84 valence electrons. The largest absolute Gasteiger partial charge is 0.315 e. The number of anilines is 1. The van der Waals surface area contributed by atoms with Gasteiger partial charge in [0.1, 0.15) is 0 Å². The van der Waals surface area contributed by atoms with Crippen LogP contribution in [0.5, 0.6) is 0 Å². The highest BCUT2D eigenvalue weighted by molar-refractivity contribution is 7.93. The molecular weight excluding hydrogens is 234 g/mol. The predicted octanol–water partition coefficient (Wildman–Crippen LogP) is 0.637. The minimum Gasteiger partial charge on any atom is -0.315 e. The third kappa shape index (κ3) is 2.67. The summed E-state index contributed by atoms with van der Waals surface area (Å²) in [6.45, 7) is 1.43. The maximum absolute atomic E-state index is 11.9. The second-order valence-corrected chi connectivity index (χ2v) is 6.31. The number of nitrogens with zero attached hydrogens (tertiary/aromatic N) is 1. The third-order valence-corrected chi connectivity index (χ3v) is 4.93. The van der Waals surface area contributed by atoms with Gasteiger partial charge in [-0.15, -0.1) is 11.3 Å². The number of thiazole rings is 1. The molecule has 15 heavy (non-hydrogen) atoms. The van der Waals surface area contributed by atoms with Gasteiger partial charge in [-0.25, -0.2) is 13.4 Å². The highest BCUT2D eigenvalue weighted by Crippen LogP contribution is 2.17. The van der Waals surface area contributed by atoms with Crippen LogP contribution < -0.4 is 10.0 Å². The highest BCUT2D eigenvalue weighted by atomic mass is 32.2. The molecule has 0 aromatic carbocycles. The Balaban J connectivity index is 2.05. The van der Waals surface area contributed by atoms with Crippen LogP contribution in [0.25, 0.3) is 0 Å². The zero-order valence-electron chi connectivity index (χ0n) is 8.14. The summed E-state index contributed by atoms with van der Waals surface area (Å²) < 4.78 is 26.2. The van der Waals surface area contributed by atoms with Gasteiger partial charge in [-0.3, -0.25) is 4.72 Å². The van der Waals surface area contributed by atoms with Gasteiger partial charge in [0.2, 0.25) is 10.0 Å². The lowest BCUT2D eigenvalue weighted by atomic mass is 10.2. The van der Waals surface area contributed by atoms with Crippen molar-refractivity contribution in [1.82, 2.24) is 10.3 Å². The molecule has 0 spiro atoms. The standard InChI is InChI=1S/C8H13N3O2S2/c12-15(13,7-2-1-3-9-6-7)11-8-10-4-5-14-8/h4-5,7,9H,1-3,6H2,(H,10,11). The monoisotopic (exact) mass is 247 g/mol. The molecule has 0 amide bonds. The summed E-state index contributed by atoms with van der Waals surface area (Å²) >= 11 is 1.29. The van der Waals surface area contributed by atoms with E-state index in [2.05, 4.69) is 15.0 Å². The highest BCUT2D eigenvalue weighted by Gasteiger charge is 2.27. The van der Waals surface area contributed by atoms with Crippen molar-refractivity contribution < 1.29 is 8.42 Å². The van der Waals surface area contributed by atoms with Crippen LogP contribution in [-0.4, -0.2) is 31.7 Å². The minimum absolute atomic E-state index is 0.338. The Morgan fingerprint density at radius 3 is 3.07 bits per heavy atom.